The van der Waals surface area contributed by atoms with E-state index in [0.29, 0.717) is 45.8 Å². The van der Waals surface area contributed by atoms with Gasteiger partial charge in [-0.05, 0) is 45.2 Å². The highest BCUT2D eigenvalue weighted by Gasteiger charge is 2.36. The zero-order valence-electron chi connectivity index (χ0n) is 18.4. The topological polar surface area (TPSA) is 113 Å². The van der Waals surface area contributed by atoms with Crippen LogP contribution in [0.15, 0.2) is 18.3 Å². The van der Waals surface area contributed by atoms with E-state index in [1.165, 1.54) is 0 Å². The molecule has 1 aromatic carbocycles. The van der Waals surface area contributed by atoms with Crippen molar-refractivity contribution in [3.63, 3.8) is 0 Å². The maximum atomic E-state index is 13.5. The van der Waals surface area contributed by atoms with Crippen molar-refractivity contribution in [1.29, 1.82) is 0 Å². The van der Waals surface area contributed by atoms with Crippen LogP contribution in [-0.4, -0.2) is 37.3 Å². The van der Waals surface area contributed by atoms with Gasteiger partial charge in [0.15, 0.2) is 5.65 Å². The lowest BCUT2D eigenvalue weighted by molar-refractivity contribution is 0.102. The van der Waals surface area contributed by atoms with Gasteiger partial charge in [-0.1, -0.05) is 6.07 Å². The summed E-state index contributed by atoms with van der Waals surface area (Å²) in [4.78, 5) is 22.9. The fraction of sp³-hybridized carbons (Fsp3) is 0.304. The summed E-state index contributed by atoms with van der Waals surface area (Å²) in [6.07, 6.45) is 3.88. The number of nitrogens with zero attached hydrogens (tertiary/aromatic N) is 5. The van der Waals surface area contributed by atoms with Gasteiger partial charge in [0.1, 0.15) is 23.2 Å². The number of nitrogen functional groups attached to an aromatic ring is 1. The summed E-state index contributed by atoms with van der Waals surface area (Å²) in [6, 6.07) is 4.22. The van der Waals surface area contributed by atoms with Gasteiger partial charge in [0.25, 0.3) is 5.91 Å². The minimum atomic E-state index is -0.278. The molecular weight excluding hydrogens is 406 g/mol. The highest BCUT2D eigenvalue weighted by Crippen LogP contribution is 2.45. The van der Waals surface area contributed by atoms with Crippen LogP contribution in [0.2, 0.25) is 0 Å². The molecule has 0 saturated heterocycles. The summed E-state index contributed by atoms with van der Waals surface area (Å²) in [6.45, 7) is 5.83. The van der Waals surface area contributed by atoms with Crippen molar-refractivity contribution in [2.75, 3.05) is 18.2 Å². The number of aromatic nitrogens is 5. The second-order valence-corrected chi connectivity index (χ2v) is 8.51. The first-order valence-corrected chi connectivity index (χ1v) is 10.6. The van der Waals surface area contributed by atoms with E-state index < -0.39 is 0 Å². The molecule has 2 aliphatic rings. The van der Waals surface area contributed by atoms with E-state index in [1.54, 1.807) is 13.3 Å². The Hall–Kier alpha value is -3.88. The van der Waals surface area contributed by atoms with E-state index in [0.717, 1.165) is 41.0 Å². The number of nitrogens with two attached hydrogens (primary N) is 1. The molecule has 0 unspecified atom stereocenters. The van der Waals surface area contributed by atoms with Gasteiger partial charge in [-0.2, -0.15) is 5.10 Å². The van der Waals surface area contributed by atoms with E-state index in [-0.39, 0.29) is 5.91 Å². The molecule has 9 heteroatoms. The number of amides is 1. The zero-order chi connectivity index (χ0) is 22.3. The van der Waals surface area contributed by atoms with E-state index >= 15 is 0 Å². The lowest BCUT2D eigenvalue weighted by Gasteiger charge is -2.17. The lowest BCUT2D eigenvalue weighted by Crippen LogP contribution is -2.17. The standard InChI is InChI=1S/C23H23N7O2/c1-10-5-8-15(32-4)11(2)19(10)29-20(24)17-16-18(26-12(3)27-22(16)29)14-9-25-30(13-6-7-13)21(14)28-23(17)31/h5,8-9,13H,6-7,24H2,1-4H3,(H,28,31). The summed E-state index contributed by atoms with van der Waals surface area (Å²) in [7, 11) is 1.64. The van der Waals surface area contributed by atoms with Crippen LogP contribution in [0.5, 0.6) is 5.75 Å². The molecule has 1 aliphatic heterocycles. The van der Waals surface area contributed by atoms with E-state index in [9.17, 15) is 4.79 Å². The van der Waals surface area contributed by atoms with Crippen molar-refractivity contribution < 1.29 is 9.53 Å². The smallest absolute Gasteiger partial charge is 0.261 e. The van der Waals surface area contributed by atoms with Gasteiger partial charge in [0, 0.05) is 5.56 Å². The first-order valence-electron chi connectivity index (χ1n) is 10.6. The van der Waals surface area contributed by atoms with Crippen LogP contribution in [0.4, 0.5) is 11.6 Å². The number of hydrogen-bond acceptors (Lipinski definition) is 6. The molecule has 0 spiro atoms. The number of ether oxygens (including phenoxy) is 1. The summed E-state index contributed by atoms with van der Waals surface area (Å²) >= 11 is 0. The number of carbonyl (C=O) groups is 1. The molecule has 3 N–H and O–H groups in total. The Morgan fingerprint density at radius 1 is 1.19 bits per heavy atom. The van der Waals surface area contributed by atoms with Crippen LogP contribution >= 0.6 is 0 Å². The maximum absolute atomic E-state index is 13.5. The molecule has 6 rings (SSSR count). The second kappa shape index (κ2) is 6.32. The predicted octanol–water partition coefficient (Wildman–Crippen LogP) is 3.70. The van der Waals surface area contributed by atoms with Crippen LogP contribution in [0, 0.1) is 20.8 Å². The average molecular weight is 429 g/mol. The van der Waals surface area contributed by atoms with E-state index in [4.69, 9.17) is 20.4 Å². The SMILES string of the molecule is COc1ccc(C)c(-n2c(N)c3c4c(nc(C)nc42)-c2cnn(C4CC4)c2NC3=O)c1C. The highest BCUT2D eigenvalue weighted by atomic mass is 16.5. The van der Waals surface area contributed by atoms with Crippen LogP contribution in [0.1, 0.15) is 46.2 Å². The summed E-state index contributed by atoms with van der Waals surface area (Å²) in [5.74, 6) is 2.06. The fourth-order valence-electron chi connectivity index (χ4n) is 4.76. The summed E-state index contributed by atoms with van der Waals surface area (Å²) in [5.41, 5.74) is 11.9. The molecule has 1 saturated carbocycles. The second-order valence-electron chi connectivity index (χ2n) is 8.51. The molecule has 9 nitrogen and oxygen atoms in total. The van der Waals surface area contributed by atoms with Gasteiger partial charge in [-0.25, -0.2) is 14.6 Å². The number of fused-ring (bicyclic) bond motifs is 2. The molecule has 32 heavy (non-hydrogen) atoms. The number of aryl methyl sites for hydroxylation is 2. The molecule has 0 atom stereocenters. The highest BCUT2D eigenvalue weighted by molar-refractivity contribution is 6.22. The van der Waals surface area contributed by atoms with Crippen molar-refractivity contribution in [3.8, 4) is 22.7 Å². The van der Waals surface area contributed by atoms with Gasteiger partial charge >= 0.3 is 0 Å². The molecular formula is C23H23N7O2. The van der Waals surface area contributed by atoms with Gasteiger partial charge in [0.05, 0.1) is 47.2 Å². The molecule has 0 radical (unpaired) electrons. The Kier molecular flexibility index (Phi) is 3.72. The van der Waals surface area contributed by atoms with Crippen LogP contribution < -0.4 is 15.8 Å². The van der Waals surface area contributed by atoms with Crippen LogP contribution in [0.3, 0.4) is 0 Å². The minimum Gasteiger partial charge on any atom is -0.496 e. The number of carbonyl (C=O) groups excluding carboxylic acids is 1. The van der Waals surface area contributed by atoms with E-state index in [2.05, 4.69) is 10.4 Å². The van der Waals surface area contributed by atoms with Crippen molar-refractivity contribution in [1.82, 2.24) is 24.3 Å². The van der Waals surface area contributed by atoms with Gasteiger partial charge < -0.3 is 15.8 Å². The Morgan fingerprint density at radius 3 is 2.69 bits per heavy atom. The molecule has 0 bridgehead atoms. The summed E-state index contributed by atoms with van der Waals surface area (Å²) in [5, 5.41) is 8.24. The average Bonchev–Trinajstić information content (AvgIpc) is 3.47. The number of anilines is 2. The first kappa shape index (κ1) is 18.9. The number of methoxy groups -OCH3 is 1. The first-order chi connectivity index (χ1) is 15.4. The van der Waals surface area contributed by atoms with Crippen molar-refractivity contribution in [3.05, 3.63) is 40.8 Å². The normalized spacial score (nSPS) is 14.9. The largest absolute Gasteiger partial charge is 0.496 e. The third-order valence-corrected chi connectivity index (χ3v) is 6.39. The number of nitrogens with one attached hydrogen (secondary N) is 1. The van der Waals surface area contributed by atoms with Crippen molar-refractivity contribution >= 4 is 28.6 Å². The Bertz CT molecular complexity index is 1460. The fourth-order valence-corrected chi connectivity index (χ4v) is 4.76. The Morgan fingerprint density at radius 2 is 1.97 bits per heavy atom. The Labute approximate surface area is 184 Å². The molecule has 1 fully saturated rings. The minimum absolute atomic E-state index is 0.278. The molecule has 1 aliphatic carbocycles. The molecule has 4 aromatic rings. The third kappa shape index (κ3) is 2.39. The molecule has 162 valence electrons. The van der Waals surface area contributed by atoms with Gasteiger partial charge in [0.2, 0.25) is 0 Å². The Balaban J connectivity index is 1.74. The number of hydrogen-bond donors (Lipinski definition) is 2. The van der Waals surface area contributed by atoms with Crippen molar-refractivity contribution in [2.24, 2.45) is 0 Å². The molecule has 1 amide bonds. The number of benzene rings is 1. The van der Waals surface area contributed by atoms with Crippen LogP contribution in [-0.2, 0) is 0 Å². The van der Waals surface area contributed by atoms with Gasteiger partial charge in [-0.15, -0.1) is 0 Å². The zero-order valence-corrected chi connectivity index (χ0v) is 18.4. The quantitative estimate of drug-likeness (QED) is 0.513. The number of rotatable bonds is 3. The molecule has 3 aromatic heterocycles. The van der Waals surface area contributed by atoms with E-state index in [1.807, 2.05) is 42.2 Å². The van der Waals surface area contributed by atoms with Crippen LogP contribution in [0.25, 0.3) is 28.0 Å². The maximum Gasteiger partial charge on any atom is 0.261 e. The summed E-state index contributed by atoms with van der Waals surface area (Å²) < 4.78 is 9.29. The van der Waals surface area contributed by atoms with Gasteiger partial charge in [-0.3, -0.25) is 9.36 Å². The predicted molar refractivity (Wildman–Crippen MR) is 121 cm³/mol. The monoisotopic (exact) mass is 429 g/mol. The van der Waals surface area contributed by atoms with Crippen molar-refractivity contribution in [2.45, 2.75) is 39.7 Å². The third-order valence-electron chi connectivity index (χ3n) is 6.39. The molecule has 4 heterocycles. The lowest BCUT2D eigenvalue weighted by atomic mass is 10.1.